The summed E-state index contributed by atoms with van der Waals surface area (Å²) < 4.78 is 13.3. The number of allylic oxidation sites excluding steroid dienone is 4. The Morgan fingerprint density at radius 1 is 1.20 bits per heavy atom. The molecule has 41 heavy (non-hydrogen) atoms. The molecule has 1 aromatic carbocycles. The Morgan fingerprint density at radius 3 is 2.66 bits per heavy atom. The lowest BCUT2D eigenvalue weighted by molar-refractivity contribution is -0.197. The zero-order chi connectivity index (χ0) is 29.2. The van der Waals surface area contributed by atoms with E-state index in [1.54, 1.807) is 12.2 Å². The van der Waals surface area contributed by atoms with Crippen LogP contribution in [-0.4, -0.2) is 52.4 Å². The first kappa shape index (κ1) is 28.8. The fourth-order valence-corrected chi connectivity index (χ4v) is 9.94. The Morgan fingerprint density at radius 2 is 1.95 bits per heavy atom. The highest BCUT2D eigenvalue weighted by Crippen LogP contribution is 2.69. The molecule has 1 aromatic rings. The van der Waals surface area contributed by atoms with E-state index in [-0.39, 0.29) is 52.5 Å². The minimum atomic E-state index is -1.11. The summed E-state index contributed by atoms with van der Waals surface area (Å²) in [6, 6.07) is 7.50. The number of hydrogen-bond donors (Lipinski definition) is 2. The van der Waals surface area contributed by atoms with E-state index in [1.165, 1.54) is 18.7 Å². The molecule has 1 heterocycles. The van der Waals surface area contributed by atoms with Gasteiger partial charge in [-0.25, -0.2) is 0 Å². The van der Waals surface area contributed by atoms with Crippen LogP contribution in [0.3, 0.4) is 0 Å². The van der Waals surface area contributed by atoms with Gasteiger partial charge in [-0.3, -0.25) is 14.4 Å². The van der Waals surface area contributed by atoms with Crippen molar-refractivity contribution in [2.24, 2.45) is 28.6 Å². The molecule has 1 amide bonds. The van der Waals surface area contributed by atoms with E-state index in [2.05, 4.69) is 26.1 Å². The van der Waals surface area contributed by atoms with Crippen LogP contribution in [0.25, 0.3) is 0 Å². The van der Waals surface area contributed by atoms with Crippen LogP contribution in [0.2, 0.25) is 0 Å². The summed E-state index contributed by atoms with van der Waals surface area (Å²) in [7, 11) is 0. The number of nitrogens with one attached hydrogen (secondary N) is 1. The van der Waals surface area contributed by atoms with Crippen LogP contribution in [0.4, 0.5) is 5.69 Å². The first-order valence-electron chi connectivity index (χ1n) is 15.0. The number of aliphatic hydroxyl groups is 1. The first-order chi connectivity index (χ1) is 19.5. The van der Waals surface area contributed by atoms with Gasteiger partial charge in [0.15, 0.2) is 23.5 Å². The molecule has 6 unspecified atom stereocenters. The number of hydrogen-bond acceptors (Lipinski definition) is 7. The maximum Gasteiger partial charge on any atom is 0.221 e. The highest BCUT2D eigenvalue weighted by molar-refractivity contribution is 8.00. The minimum Gasteiger partial charge on any atom is -0.393 e. The van der Waals surface area contributed by atoms with Crippen LogP contribution in [0.5, 0.6) is 0 Å². The molecule has 5 aliphatic rings. The molecular formula is C33H41NO6S. The van der Waals surface area contributed by atoms with Crippen LogP contribution in [0.1, 0.15) is 66.2 Å². The Balaban J connectivity index is 1.29. The smallest absolute Gasteiger partial charge is 0.221 e. The van der Waals surface area contributed by atoms with Crippen molar-refractivity contribution in [1.29, 1.82) is 0 Å². The topological polar surface area (TPSA) is 102 Å². The lowest BCUT2D eigenvalue weighted by atomic mass is 9.46. The molecule has 7 nitrogen and oxygen atoms in total. The molecular weight excluding hydrogens is 538 g/mol. The molecule has 0 radical (unpaired) electrons. The summed E-state index contributed by atoms with van der Waals surface area (Å²) in [5.74, 6) is 0.511. The summed E-state index contributed by atoms with van der Waals surface area (Å²) in [6.45, 7) is 7.89. The van der Waals surface area contributed by atoms with Crippen LogP contribution in [-0.2, 0) is 23.9 Å². The molecule has 6 rings (SSSR count). The van der Waals surface area contributed by atoms with Crippen LogP contribution in [0, 0.1) is 28.6 Å². The average molecular weight is 580 g/mol. The standard InChI is InChI=1S/C33H41NO6S/c1-5-6-29-39-28-16-25-24-12-7-20-15-22(36)13-14-31(20,3)30(24)26(37)17-32(25,4)33(28,40-29)27(38)18-41-23-10-8-21(9-11-23)34-19(2)35/h8-11,13-15,24-26,28-30,37H,5-7,12,16-18H2,1-4H3,(H,34,35)/t24?,25?,26-,28-,29?,30?,31?,32?,33+/m0/s1. The van der Waals surface area contributed by atoms with E-state index in [0.717, 1.165) is 48.3 Å². The van der Waals surface area contributed by atoms with Crippen molar-refractivity contribution in [3.8, 4) is 0 Å². The van der Waals surface area contributed by atoms with Crippen molar-refractivity contribution in [3.05, 3.63) is 48.1 Å². The molecule has 0 spiro atoms. The number of carbonyl (C=O) groups excluding carboxylic acids is 3. The highest BCUT2D eigenvalue weighted by atomic mass is 32.2. The molecule has 220 valence electrons. The van der Waals surface area contributed by atoms with Gasteiger partial charge in [0.1, 0.15) is 0 Å². The SMILES string of the molecule is CCCC1O[C@H]2CC3C4CCC5=CC(=O)C=CC5(C)C4[C@@H](O)CC3(C)[C@]2(C(=O)CSc2ccc(NC(C)=O)cc2)O1. The Hall–Kier alpha value is -2.26. The fraction of sp³-hybridized carbons (Fsp3) is 0.606. The van der Waals surface area contributed by atoms with E-state index in [0.29, 0.717) is 6.42 Å². The van der Waals surface area contributed by atoms with Crippen molar-refractivity contribution < 1.29 is 29.0 Å². The molecule has 1 aliphatic heterocycles. The van der Waals surface area contributed by atoms with Crippen molar-refractivity contribution in [2.75, 3.05) is 11.1 Å². The summed E-state index contributed by atoms with van der Waals surface area (Å²) in [5.41, 5.74) is -0.205. The lowest BCUT2D eigenvalue weighted by Crippen LogP contribution is -2.63. The molecule has 8 heteroatoms. The number of benzene rings is 1. The van der Waals surface area contributed by atoms with E-state index in [4.69, 9.17) is 9.47 Å². The summed E-state index contributed by atoms with van der Waals surface area (Å²) in [4.78, 5) is 38.9. The third-order valence-corrected chi connectivity index (χ3v) is 11.8. The maximum absolute atomic E-state index is 14.4. The number of Topliss-reactive ketones (excluding diaryl/α,β-unsaturated/α-hetero) is 1. The van der Waals surface area contributed by atoms with Gasteiger partial charge in [0.25, 0.3) is 0 Å². The van der Waals surface area contributed by atoms with Crippen molar-refractivity contribution in [1.82, 2.24) is 0 Å². The van der Waals surface area contributed by atoms with Gasteiger partial charge >= 0.3 is 0 Å². The molecule has 0 aromatic heterocycles. The zero-order valence-corrected chi connectivity index (χ0v) is 25.2. The van der Waals surface area contributed by atoms with E-state index < -0.39 is 23.4 Å². The van der Waals surface area contributed by atoms with Gasteiger partial charge in [-0.15, -0.1) is 11.8 Å². The number of ether oxygens (including phenoxy) is 2. The molecule has 3 saturated carbocycles. The van der Waals surface area contributed by atoms with Gasteiger partial charge in [-0.05, 0) is 80.4 Å². The number of aliphatic hydroxyl groups excluding tert-OH is 1. The third kappa shape index (κ3) is 4.48. The molecule has 9 atom stereocenters. The largest absolute Gasteiger partial charge is 0.393 e. The monoisotopic (exact) mass is 579 g/mol. The van der Waals surface area contributed by atoms with E-state index in [9.17, 15) is 19.5 Å². The van der Waals surface area contributed by atoms with Crippen molar-refractivity contribution in [2.45, 2.75) is 95.2 Å². The second kappa shape index (κ2) is 10.5. The van der Waals surface area contributed by atoms with Gasteiger partial charge in [-0.1, -0.05) is 38.8 Å². The normalized spacial score (nSPS) is 40.7. The molecule has 2 N–H and O–H groups in total. The van der Waals surface area contributed by atoms with Crippen molar-refractivity contribution in [3.63, 3.8) is 0 Å². The average Bonchev–Trinajstić information content (AvgIpc) is 3.40. The van der Waals surface area contributed by atoms with Gasteiger partial charge in [0.05, 0.1) is 18.0 Å². The predicted molar refractivity (Wildman–Crippen MR) is 157 cm³/mol. The third-order valence-electron chi connectivity index (χ3n) is 10.8. The number of thioether (sulfide) groups is 1. The number of amides is 1. The Kier molecular flexibility index (Phi) is 7.37. The molecule has 1 saturated heterocycles. The van der Waals surface area contributed by atoms with Gasteiger partial charge in [0.2, 0.25) is 5.91 Å². The highest BCUT2D eigenvalue weighted by Gasteiger charge is 2.75. The van der Waals surface area contributed by atoms with E-state index in [1.807, 2.05) is 30.3 Å². The predicted octanol–water partition coefficient (Wildman–Crippen LogP) is 5.48. The van der Waals surface area contributed by atoms with Crippen LogP contribution in [0.15, 0.2) is 53.0 Å². The number of carbonyl (C=O) groups is 3. The molecule has 4 aliphatic carbocycles. The fourth-order valence-electron chi connectivity index (χ4n) is 9.10. The number of rotatable bonds is 7. The number of anilines is 1. The molecule has 0 bridgehead atoms. The van der Waals surface area contributed by atoms with E-state index >= 15 is 0 Å². The molecule has 4 fully saturated rings. The van der Waals surface area contributed by atoms with Crippen molar-refractivity contribution >= 4 is 34.9 Å². The quantitative estimate of drug-likeness (QED) is 0.413. The summed E-state index contributed by atoms with van der Waals surface area (Å²) >= 11 is 1.47. The Labute approximate surface area is 246 Å². The lowest BCUT2D eigenvalue weighted by Gasteiger charge is -2.59. The van der Waals surface area contributed by atoms with Crippen LogP contribution >= 0.6 is 11.8 Å². The van der Waals surface area contributed by atoms with Gasteiger partial charge in [0, 0.05) is 34.3 Å². The first-order valence-corrected chi connectivity index (χ1v) is 16.0. The summed E-state index contributed by atoms with van der Waals surface area (Å²) in [6.07, 6.45) is 8.58. The second-order valence-electron chi connectivity index (χ2n) is 13.1. The number of ketones is 2. The minimum absolute atomic E-state index is 0.0150. The second-order valence-corrected chi connectivity index (χ2v) is 14.1. The van der Waals surface area contributed by atoms with Crippen LogP contribution < -0.4 is 5.32 Å². The maximum atomic E-state index is 14.4. The number of fused-ring (bicyclic) bond motifs is 7. The van der Waals surface area contributed by atoms with Gasteiger partial charge in [-0.2, -0.15) is 0 Å². The zero-order valence-electron chi connectivity index (χ0n) is 24.4. The summed E-state index contributed by atoms with van der Waals surface area (Å²) in [5, 5.41) is 14.7. The van der Waals surface area contributed by atoms with Gasteiger partial charge < -0.3 is 19.9 Å². The Bertz CT molecular complexity index is 1310.